The van der Waals surface area contributed by atoms with E-state index in [-0.39, 0.29) is 18.5 Å². The number of hydrogen-bond acceptors (Lipinski definition) is 3. The molecule has 1 heterocycles. The number of rotatable bonds is 9. The Bertz CT molecular complexity index is 684. The normalized spacial score (nSPS) is 11.8. The van der Waals surface area contributed by atoms with E-state index in [1.165, 1.54) is 10.4 Å². The molecule has 0 bridgehead atoms. The molecule has 0 aliphatic carbocycles. The van der Waals surface area contributed by atoms with Gasteiger partial charge in [0.15, 0.2) is 6.54 Å². The van der Waals surface area contributed by atoms with Gasteiger partial charge in [0.25, 0.3) is 5.91 Å². The smallest absolute Gasteiger partial charge is 0.321 e. The summed E-state index contributed by atoms with van der Waals surface area (Å²) >= 11 is 1.67. The van der Waals surface area contributed by atoms with Crippen molar-refractivity contribution in [2.45, 2.75) is 39.2 Å². The number of aryl methyl sites for hydroxylation is 1. The fraction of sp³-hybridized carbons (Fsp3) is 0.400. The van der Waals surface area contributed by atoms with Crippen LogP contribution in [0.3, 0.4) is 0 Å². The largest absolute Gasteiger partial charge is 0.338 e. The topological polar surface area (TPSA) is 74.8 Å². The van der Waals surface area contributed by atoms with Crippen LogP contribution in [-0.4, -0.2) is 25.0 Å². The summed E-state index contributed by atoms with van der Waals surface area (Å²) in [5, 5.41) is 9.10. The number of amides is 3. The molecule has 0 aliphatic rings. The minimum absolute atomic E-state index is 0.0507. The molecule has 0 aliphatic heterocycles. The number of thiophene rings is 1. The Kier molecular flexibility index (Phi) is 8.31. The van der Waals surface area contributed by atoms with E-state index in [4.69, 9.17) is 0 Å². The van der Waals surface area contributed by atoms with Crippen LogP contribution >= 0.6 is 11.3 Å². The lowest BCUT2D eigenvalue weighted by molar-refractivity contribution is -0.676. The van der Waals surface area contributed by atoms with Crippen molar-refractivity contribution in [1.29, 1.82) is 0 Å². The van der Waals surface area contributed by atoms with Crippen molar-refractivity contribution >= 4 is 23.3 Å². The maximum absolute atomic E-state index is 12.1. The molecule has 2 rings (SSSR count). The van der Waals surface area contributed by atoms with Crippen LogP contribution in [0.5, 0.6) is 0 Å². The van der Waals surface area contributed by atoms with Gasteiger partial charge < -0.3 is 10.6 Å². The molecule has 0 radical (unpaired) electrons. The number of nitrogens with two attached hydrogens (primary N) is 1. The van der Waals surface area contributed by atoms with E-state index in [0.29, 0.717) is 6.54 Å². The zero-order valence-electron chi connectivity index (χ0n) is 15.5. The van der Waals surface area contributed by atoms with Gasteiger partial charge in [-0.05, 0) is 29.9 Å². The second kappa shape index (κ2) is 10.7. The van der Waals surface area contributed by atoms with E-state index in [0.717, 1.165) is 24.8 Å². The summed E-state index contributed by atoms with van der Waals surface area (Å²) in [6, 6.07) is 12.2. The van der Waals surface area contributed by atoms with Crippen molar-refractivity contribution in [2.24, 2.45) is 0 Å². The summed E-state index contributed by atoms with van der Waals surface area (Å²) in [4.78, 5) is 25.0. The summed E-state index contributed by atoms with van der Waals surface area (Å²) in [6.07, 6.45) is 2.91. The van der Waals surface area contributed by atoms with Crippen LogP contribution in [0.1, 0.15) is 48.7 Å². The van der Waals surface area contributed by atoms with E-state index < -0.39 is 6.03 Å². The summed E-state index contributed by atoms with van der Waals surface area (Å²) < 4.78 is 0. The molecule has 1 aromatic carbocycles. The van der Waals surface area contributed by atoms with Crippen LogP contribution in [0.15, 0.2) is 41.8 Å². The maximum atomic E-state index is 12.1. The molecule has 5 nitrogen and oxygen atoms in total. The molecule has 0 saturated heterocycles. The van der Waals surface area contributed by atoms with Crippen molar-refractivity contribution < 1.29 is 14.9 Å². The van der Waals surface area contributed by atoms with Crippen molar-refractivity contribution in [3.05, 3.63) is 57.8 Å². The number of hydrogen-bond donors (Lipinski definition) is 3. The lowest BCUT2D eigenvalue weighted by Gasteiger charge is -2.15. The van der Waals surface area contributed by atoms with Gasteiger partial charge in [-0.3, -0.25) is 10.1 Å². The Balaban J connectivity index is 1.95. The van der Waals surface area contributed by atoms with Crippen molar-refractivity contribution in [1.82, 2.24) is 10.6 Å². The van der Waals surface area contributed by atoms with Crippen LogP contribution < -0.4 is 16.0 Å². The van der Waals surface area contributed by atoms with Crippen LogP contribution in [0.25, 0.3) is 0 Å². The fourth-order valence-corrected chi connectivity index (χ4v) is 3.52. The number of carbonyl (C=O) groups is 2. The minimum Gasteiger partial charge on any atom is -0.338 e. The van der Waals surface area contributed by atoms with Gasteiger partial charge >= 0.3 is 6.03 Å². The molecule has 26 heavy (non-hydrogen) atoms. The lowest BCUT2D eigenvalue weighted by atomic mass is 10.0. The Morgan fingerprint density at radius 2 is 1.92 bits per heavy atom. The number of carbonyl (C=O) groups excluding carboxylic acids is 2. The number of quaternary nitrogens is 1. The van der Waals surface area contributed by atoms with Gasteiger partial charge in [0.05, 0.1) is 4.88 Å². The zero-order valence-corrected chi connectivity index (χ0v) is 16.3. The van der Waals surface area contributed by atoms with Gasteiger partial charge in [0.1, 0.15) is 6.04 Å². The molecule has 0 fully saturated rings. The van der Waals surface area contributed by atoms with Gasteiger partial charge in [-0.15, -0.1) is 11.3 Å². The Morgan fingerprint density at radius 1 is 1.15 bits per heavy atom. The highest BCUT2D eigenvalue weighted by Crippen LogP contribution is 2.23. The summed E-state index contributed by atoms with van der Waals surface area (Å²) in [5.41, 5.74) is 2.45. The molecular weight excluding hydrogens is 346 g/mol. The van der Waals surface area contributed by atoms with Gasteiger partial charge in [0, 0.05) is 12.1 Å². The molecule has 1 aromatic heterocycles. The van der Waals surface area contributed by atoms with Gasteiger partial charge in [-0.25, -0.2) is 4.79 Å². The van der Waals surface area contributed by atoms with Crippen LogP contribution in [0.4, 0.5) is 4.79 Å². The van der Waals surface area contributed by atoms with E-state index in [1.807, 2.05) is 16.8 Å². The number of nitrogens with one attached hydrogen (secondary N) is 2. The molecular formula is C20H28N3O2S+. The molecule has 6 heteroatoms. The third-order valence-corrected chi connectivity index (χ3v) is 5.16. The average molecular weight is 375 g/mol. The second-order valence-electron chi connectivity index (χ2n) is 6.19. The van der Waals surface area contributed by atoms with E-state index >= 15 is 0 Å². The van der Waals surface area contributed by atoms with Crippen LogP contribution in [0, 0.1) is 0 Å². The summed E-state index contributed by atoms with van der Waals surface area (Å²) in [6.45, 7) is 4.96. The highest BCUT2D eigenvalue weighted by Gasteiger charge is 2.20. The lowest BCUT2D eigenvalue weighted by Crippen LogP contribution is -2.87. The van der Waals surface area contributed by atoms with Crippen LogP contribution in [0.2, 0.25) is 0 Å². The van der Waals surface area contributed by atoms with Gasteiger partial charge in [-0.2, -0.15) is 0 Å². The summed E-state index contributed by atoms with van der Waals surface area (Å²) in [7, 11) is 0. The minimum atomic E-state index is -0.420. The molecule has 0 spiro atoms. The van der Waals surface area contributed by atoms with E-state index in [1.54, 1.807) is 11.3 Å². The maximum Gasteiger partial charge on any atom is 0.321 e. The number of unbranched alkanes of at least 4 members (excludes halogenated alkanes) is 1. The summed E-state index contributed by atoms with van der Waals surface area (Å²) in [5.74, 6) is -0.286. The number of benzene rings is 1. The van der Waals surface area contributed by atoms with E-state index in [2.05, 4.69) is 54.8 Å². The molecule has 4 N–H and O–H groups in total. The standard InChI is InChI=1S/C20H27N3O2S/c1-3-5-12-21-20(25)23-18(24)14-22-19(17-7-6-13-26-17)16-10-8-15(4-2)9-11-16/h6-11,13,19,22H,3-5,12,14H2,1-2H3,(H2,21,23,24,25)/p+1/t19-/m1/s1. The first-order valence-corrected chi connectivity index (χ1v) is 10.0. The van der Waals surface area contributed by atoms with Gasteiger partial charge in [0.2, 0.25) is 0 Å². The number of urea groups is 1. The van der Waals surface area contributed by atoms with Gasteiger partial charge in [-0.1, -0.05) is 50.6 Å². The zero-order chi connectivity index (χ0) is 18.8. The first kappa shape index (κ1) is 20.1. The third kappa shape index (κ3) is 6.28. The molecule has 2 aromatic rings. The highest BCUT2D eigenvalue weighted by atomic mass is 32.1. The van der Waals surface area contributed by atoms with Crippen molar-refractivity contribution in [3.8, 4) is 0 Å². The molecule has 3 amide bonds. The fourth-order valence-electron chi connectivity index (χ4n) is 2.67. The average Bonchev–Trinajstić information content (AvgIpc) is 3.17. The molecule has 0 saturated carbocycles. The predicted molar refractivity (Wildman–Crippen MR) is 105 cm³/mol. The molecule has 0 unspecified atom stereocenters. The predicted octanol–water partition coefficient (Wildman–Crippen LogP) is 2.59. The first-order valence-electron chi connectivity index (χ1n) is 9.17. The third-order valence-electron chi connectivity index (χ3n) is 4.20. The van der Waals surface area contributed by atoms with E-state index in [9.17, 15) is 9.59 Å². The first-order chi connectivity index (χ1) is 12.6. The van der Waals surface area contributed by atoms with Crippen molar-refractivity contribution in [2.75, 3.05) is 13.1 Å². The molecule has 140 valence electrons. The Hall–Kier alpha value is -2.18. The quantitative estimate of drug-likeness (QED) is 0.590. The number of imide groups is 1. The second-order valence-corrected chi connectivity index (χ2v) is 7.16. The Morgan fingerprint density at radius 3 is 2.54 bits per heavy atom. The monoisotopic (exact) mass is 374 g/mol. The van der Waals surface area contributed by atoms with Crippen molar-refractivity contribution in [3.63, 3.8) is 0 Å². The molecule has 1 atom stereocenters. The highest BCUT2D eigenvalue weighted by molar-refractivity contribution is 7.10. The van der Waals surface area contributed by atoms with Crippen LogP contribution in [-0.2, 0) is 11.2 Å². The SMILES string of the molecule is CCCCNC(=O)NC(=O)C[NH2+][C@H](c1ccc(CC)cc1)c1cccs1. The Labute approximate surface area is 159 Å².